The van der Waals surface area contributed by atoms with Crippen LogP contribution in [0.25, 0.3) is 72.0 Å². The van der Waals surface area contributed by atoms with Gasteiger partial charge in [0.2, 0.25) is 0 Å². The Morgan fingerprint density at radius 1 is 0.408 bits per heavy atom. The van der Waals surface area contributed by atoms with E-state index in [4.69, 9.17) is 0 Å². The lowest BCUT2D eigenvalue weighted by Gasteiger charge is -2.20. The Bertz CT molecular complexity index is 2570. The lowest BCUT2D eigenvalue weighted by Crippen LogP contribution is -2.02. The van der Waals surface area contributed by atoms with Gasteiger partial charge in [-0.3, -0.25) is 4.98 Å². The molecular weight excluding hydrogens is 599 g/mol. The normalized spacial score (nSPS) is 10.8. The van der Waals surface area contributed by atoms with E-state index >= 15 is 0 Å². The molecule has 0 N–H and O–H groups in total. The van der Waals surface area contributed by atoms with Gasteiger partial charge >= 0.3 is 0 Å². The lowest BCUT2D eigenvalue weighted by atomic mass is 9.93. The number of pyridine rings is 1. The van der Waals surface area contributed by atoms with Gasteiger partial charge in [0.1, 0.15) is 0 Å². The van der Waals surface area contributed by atoms with E-state index in [1.54, 1.807) is 12.4 Å². The Morgan fingerprint density at radius 3 is 1.45 bits per heavy atom. The van der Waals surface area contributed by atoms with Crippen LogP contribution in [0, 0.1) is 34.0 Å². The van der Waals surface area contributed by atoms with E-state index in [0.29, 0.717) is 16.7 Å². The molecule has 0 spiro atoms. The largest absolute Gasteiger partial charge is 0.307 e. The predicted molar refractivity (Wildman–Crippen MR) is 194 cm³/mol. The van der Waals surface area contributed by atoms with Gasteiger partial charge in [0.05, 0.1) is 51.6 Å². The van der Waals surface area contributed by atoms with E-state index in [1.165, 1.54) is 0 Å². The van der Waals surface area contributed by atoms with Crippen LogP contribution in [-0.2, 0) is 0 Å². The fraction of sp³-hybridized carbons (Fsp3) is 0. The smallest absolute Gasteiger partial charge is 0.0998 e. The zero-order valence-corrected chi connectivity index (χ0v) is 26.2. The minimum Gasteiger partial charge on any atom is -0.307 e. The average molecular weight is 624 g/mol. The zero-order valence-electron chi connectivity index (χ0n) is 26.2. The second-order valence-corrected chi connectivity index (χ2v) is 11.7. The number of nitriles is 3. The monoisotopic (exact) mass is 623 g/mol. The van der Waals surface area contributed by atoms with Crippen LogP contribution in [0.1, 0.15) is 16.7 Å². The van der Waals surface area contributed by atoms with Crippen LogP contribution >= 0.6 is 0 Å². The molecule has 0 aliphatic rings. The van der Waals surface area contributed by atoms with Gasteiger partial charge in [0.15, 0.2) is 0 Å². The SMILES string of the molecule is N#Cc1cc(-c2ccccc2)c(-n2c3c(-c4ccccc4C#N)cccc3c3cccc(-c4ccccc4C#N)c32)cc1-c1ccncc1. The van der Waals surface area contributed by atoms with Crippen LogP contribution in [0.4, 0.5) is 0 Å². The van der Waals surface area contributed by atoms with Crippen molar-refractivity contribution in [3.63, 3.8) is 0 Å². The van der Waals surface area contributed by atoms with Gasteiger partial charge in [-0.25, -0.2) is 0 Å². The minimum absolute atomic E-state index is 0.541. The molecule has 2 aromatic heterocycles. The maximum Gasteiger partial charge on any atom is 0.0998 e. The van der Waals surface area contributed by atoms with Crippen molar-refractivity contribution in [3.05, 3.63) is 169 Å². The molecule has 0 unspecified atom stereocenters. The standard InChI is InChI=1S/C44H25N5/c45-26-31-12-4-6-14-34(31)36-16-8-18-38-39-19-9-17-37(35-15-7-5-13-32(35)27-46)44(39)49(43(36)38)42-25-40(30-20-22-48-23-21-30)33(28-47)24-41(42)29-10-2-1-3-11-29/h1-25H. The summed E-state index contributed by atoms with van der Waals surface area (Å²) in [5, 5.41) is 32.9. The summed E-state index contributed by atoms with van der Waals surface area (Å²) in [6, 6.07) is 53.0. The molecule has 0 saturated carbocycles. The van der Waals surface area contributed by atoms with Crippen LogP contribution in [0.2, 0.25) is 0 Å². The molecular formula is C44H25N5. The third-order valence-electron chi connectivity index (χ3n) is 9.06. The Labute approximate surface area is 283 Å². The zero-order chi connectivity index (χ0) is 33.3. The van der Waals surface area contributed by atoms with Crippen molar-refractivity contribution < 1.29 is 0 Å². The van der Waals surface area contributed by atoms with Gasteiger partial charge in [0, 0.05) is 56.5 Å². The second-order valence-electron chi connectivity index (χ2n) is 11.7. The lowest BCUT2D eigenvalue weighted by molar-refractivity contribution is 1.18. The molecule has 5 heteroatoms. The van der Waals surface area contributed by atoms with Gasteiger partial charge in [0.25, 0.3) is 0 Å². The molecule has 0 atom stereocenters. The molecule has 226 valence electrons. The molecule has 0 aliphatic carbocycles. The van der Waals surface area contributed by atoms with Crippen LogP contribution in [0.15, 0.2) is 152 Å². The van der Waals surface area contributed by atoms with Crippen molar-refractivity contribution in [1.29, 1.82) is 15.8 Å². The topological polar surface area (TPSA) is 89.2 Å². The molecule has 0 saturated heterocycles. The van der Waals surface area contributed by atoms with Gasteiger partial charge in [-0.05, 0) is 47.5 Å². The third-order valence-corrected chi connectivity index (χ3v) is 9.06. The molecule has 0 aliphatic heterocycles. The van der Waals surface area contributed by atoms with Crippen molar-refractivity contribution in [3.8, 4) is 68.4 Å². The van der Waals surface area contributed by atoms with Crippen molar-refractivity contribution in [2.24, 2.45) is 0 Å². The number of hydrogen-bond acceptors (Lipinski definition) is 4. The maximum atomic E-state index is 10.5. The quantitative estimate of drug-likeness (QED) is 0.191. The van der Waals surface area contributed by atoms with E-state index < -0.39 is 0 Å². The minimum atomic E-state index is 0.541. The summed E-state index contributed by atoms with van der Waals surface area (Å²) in [7, 11) is 0. The van der Waals surface area contributed by atoms with Gasteiger partial charge < -0.3 is 4.57 Å². The molecule has 2 heterocycles. The first-order chi connectivity index (χ1) is 24.2. The fourth-order valence-electron chi connectivity index (χ4n) is 6.91. The number of benzene rings is 6. The van der Waals surface area contributed by atoms with Crippen molar-refractivity contribution >= 4 is 21.8 Å². The summed E-state index contributed by atoms with van der Waals surface area (Å²) in [5.74, 6) is 0. The van der Waals surface area contributed by atoms with Crippen LogP contribution in [-0.4, -0.2) is 9.55 Å². The summed E-state index contributed by atoms with van der Waals surface area (Å²) in [5.41, 5.74) is 11.3. The highest BCUT2D eigenvalue weighted by Crippen LogP contribution is 2.45. The number of aromatic nitrogens is 2. The van der Waals surface area contributed by atoms with Crippen LogP contribution in [0.3, 0.4) is 0 Å². The number of fused-ring (bicyclic) bond motifs is 3. The second kappa shape index (κ2) is 12.2. The van der Waals surface area contributed by atoms with Gasteiger partial charge in [-0.2, -0.15) is 15.8 Å². The molecule has 0 amide bonds. The van der Waals surface area contributed by atoms with E-state index in [1.807, 2.05) is 97.1 Å². The summed E-state index contributed by atoms with van der Waals surface area (Å²) >= 11 is 0. The summed E-state index contributed by atoms with van der Waals surface area (Å²) in [4.78, 5) is 4.23. The van der Waals surface area contributed by atoms with E-state index in [2.05, 4.69) is 70.2 Å². The Hall–Kier alpha value is -7.26. The van der Waals surface area contributed by atoms with Crippen LogP contribution < -0.4 is 0 Å². The summed E-state index contributed by atoms with van der Waals surface area (Å²) in [6.07, 6.45) is 3.46. The number of rotatable bonds is 5. The maximum absolute atomic E-state index is 10.5. The Morgan fingerprint density at radius 2 is 0.898 bits per heavy atom. The molecule has 49 heavy (non-hydrogen) atoms. The molecule has 8 rings (SSSR count). The predicted octanol–water partition coefficient (Wildman–Crippen LogP) is 10.5. The van der Waals surface area contributed by atoms with Crippen molar-refractivity contribution in [2.75, 3.05) is 0 Å². The van der Waals surface area contributed by atoms with E-state index in [-0.39, 0.29) is 0 Å². The first-order valence-electron chi connectivity index (χ1n) is 15.8. The Kier molecular flexibility index (Phi) is 7.24. The molecule has 0 fully saturated rings. The highest BCUT2D eigenvalue weighted by Gasteiger charge is 2.24. The first-order valence-corrected chi connectivity index (χ1v) is 15.8. The van der Waals surface area contributed by atoms with Gasteiger partial charge in [-0.1, -0.05) is 103 Å². The molecule has 6 aromatic carbocycles. The summed E-state index contributed by atoms with van der Waals surface area (Å²) in [6.45, 7) is 0. The summed E-state index contributed by atoms with van der Waals surface area (Å²) < 4.78 is 2.27. The van der Waals surface area contributed by atoms with Crippen molar-refractivity contribution in [2.45, 2.75) is 0 Å². The number of para-hydroxylation sites is 2. The first kappa shape index (κ1) is 29.2. The highest BCUT2D eigenvalue weighted by molar-refractivity contribution is 6.18. The van der Waals surface area contributed by atoms with Crippen molar-refractivity contribution in [1.82, 2.24) is 9.55 Å². The van der Waals surface area contributed by atoms with Crippen LogP contribution in [0.5, 0.6) is 0 Å². The molecule has 0 radical (unpaired) electrons. The molecule has 5 nitrogen and oxygen atoms in total. The Balaban J connectivity index is 1.63. The average Bonchev–Trinajstić information content (AvgIpc) is 3.53. The van der Waals surface area contributed by atoms with E-state index in [9.17, 15) is 15.8 Å². The molecule has 0 bridgehead atoms. The molecule has 8 aromatic rings. The van der Waals surface area contributed by atoms with E-state index in [0.717, 1.165) is 72.0 Å². The highest BCUT2D eigenvalue weighted by atomic mass is 15.0. The van der Waals surface area contributed by atoms with Gasteiger partial charge in [-0.15, -0.1) is 0 Å². The fourth-order valence-corrected chi connectivity index (χ4v) is 6.91. The third kappa shape index (κ3) is 4.81. The number of nitrogens with zero attached hydrogens (tertiary/aromatic N) is 5. The number of hydrogen-bond donors (Lipinski definition) is 0.